The Hall–Kier alpha value is -1.00. The van der Waals surface area contributed by atoms with Gasteiger partial charge in [-0.3, -0.25) is 0 Å². The monoisotopic (exact) mass is 271 g/mol. The molecule has 1 aromatic carbocycles. The quantitative estimate of drug-likeness (QED) is 0.895. The summed E-state index contributed by atoms with van der Waals surface area (Å²) in [4.78, 5) is 0. The zero-order valence-electron chi connectivity index (χ0n) is 8.63. The molecule has 0 amide bonds. The van der Waals surface area contributed by atoms with Crippen LogP contribution < -0.4 is 15.2 Å². The number of hydrogen-bond donors (Lipinski definition) is 1. The predicted octanol–water partition coefficient (Wildman–Crippen LogP) is 2.44. The van der Waals surface area contributed by atoms with Crippen molar-refractivity contribution in [1.29, 1.82) is 0 Å². The van der Waals surface area contributed by atoms with Gasteiger partial charge < -0.3 is 15.2 Å². The lowest BCUT2D eigenvalue weighted by Crippen LogP contribution is -2.03. The third-order valence-corrected chi connectivity index (χ3v) is 2.11. The topological polar surface area (TPSA) is 44.5 Å². The summed E-state index contributed by atoms with van der Waals surface area (Å²) in [6.45, 7) is 4.55. The average molecular weight is 272 g/mol. The van der Waals surface area contributed by atoms with Crippen molar-refractivity contribution >= 4 is 15.9 Å². The normalized spacial score (nSPS) is 9.80. The summed E-state index contributed by atoms with van der Waals surface area (Å²) < 4.78 is 11.4. The van der Waals surface area contributed by atoms with Crippen molar-refractivity contribution < 1.29 is 9.47 Å². The third kappa shape index (κ3) is 3.57. The fraction of sp³-hybridized carbons (Fsp3) is 0.273. The van der Waals surface area contributed by atoms with Gasteiger partial charge in [-0.15, -0.1) is 0 Å². The fourth-order valence-electron chi connectivity index (χ4n) is 1.12. The van der Waals surface area contributed by atoms with E-state index in [-0.39, 0.29) is 0 Å². The van der Waals surface area contributed by atoms with Gasteiger partial charge in [-0.2, -0.15) is 0 Å². The predicted molar refractivity (Wildman–Crippen MR) is 64.4 cm³/mol. The second kappa shape index (κ2) is 5.78. The Bertz CT molecular complexity index is 352. The van der Waals surface area contributed by atoms with Crippen LogP contribution in [-0.2, 0) is 6.54 Å². The molecule has 0 fully saturated rings. The second-order valence-corrected chi connectivity index (χ2v) is 4.11. The molecule has 82 valence electrons. The van der Waals surface area contributed by atoms with E-state index >= 15 is 0 Å². The van der Waals surface area contributed by atoms with E-state index in [1.807, 2.05) is 18.2 Å². The summed E-state index contributed by atoms with van der Waals surface area (Å²) >= 11 is 3.23. The van der Waals surface area contributed by atoms with Crippen LogP contribution in [0.15, 0.2) is 29.3 Å². The van der Waals surface area contributed by atoms with Crippen molar-refractivity contribution in [3.63, 3.8) is 0 Å². The minimum atomic E-state index is 0.417. The molecule has 0 saturated carbocycles. The number of rotatable bonds is 5. The van der Waals surface area contributed by atoms with Crippen LogP contribution in [0.1, 0.15) is 5.56 Å². The highest BCUT2D eigenvalue weighted by Gasteiger charge is 2.04. The molecule has 4 heteroatoms. The van der Waals surface area contributed by atoms with Gasteiger partial charge in [0.15, 0.2) is 0 Å². The van der Waals surface area contributed by atoms with Crippen LogP contribution in [0.4, 0.5) is 0 Å². The molecule has 0 atom stereocenters. The summed E-state index contributed by atoms with van der Waals surface area (Å²) in [5, 5.41) is 0. The van der Waals surface area contributed by atoms with Crippen LogP contribution >= 0.6 is 15.9 Å². The van der Waals surface area contributed by atoms with Crippen molar-refractivity contribution in [3.8, 4) is 11.5 Å². The molecule has 0 aromatic heterocycles. The first-order chi connectivity index (χ1) is 7.17. The molecule has 1 aromatic rings. The van der Waals surface area contributed by atoms with Crippen LogP contribution in [0.3, 0.4) is 0 Å². The van der Waals surface area contributed by atoms with E-state index in [9.17, 15) is 0 Å². The van der Waals surface area contributed by atoms with Crippen LogP contribution in [0, 0.1) is 0 Å². The summed E-state index contributed by atoms with van der Waals surface area (Å²) in [6.07, 6.45) is 0. The van der Waals surface area contributed by atoms with Gasteiger partial charge in [0.1, 0.15) is 18.1 Å². The van der Waals surface area contributed by atoms with Crippen molar-refractivity contribution in [2.75, 3.05) is 13.7 Å². The first-order valence-electron chi connectivity index (χ1n) is 4.50. The maximum absolute atomic E-state index is 5.59. The number of hydrogen-bond acceptors (Lipinski definition) is 3. The molecular formula is C11H14BrNO2. The lowest BCUT2D eigenvalue weighted by Gasteiger charge is -2.11. The summed E-state index contributed by atoms with van der Waals surface area (Å²) in [7, 11) is 1.62. The average Bonchev–Trinajstić information content (AvgIpc) is 2.25. The smallest absolute Gasteiger partial charge is 0.128 e. The number of halogens is 1. The number of ether oxygens (including phenoxy) is 2. The van der Waals surface area contributed by atoms with E-state index in [4.69, 9.17) is 15.2 Å². The van der Waals surface area contributed by atoms with Gasteiger partial charge in [-0.05, 0) is 6.07 Å². The van der Waals surface area contributed by atoms with Gasteiger partial charge >= 0.3 is 0 Å². The standard InChI is InChI=1S/C11H14BrNO2/c1-8(12)7-15-11-5-10(14-2)4-3-9(11)6-13/h3-5H,1,6-7,13H2,2H3. The van der Waals surface area contributed by atoms with Gasteiger partial charge in [-0.1, -0.05) is 28.6 Å². The zero-order valence-corrected chi connectivity index (χ0v) is 10.2. The molecule has 1 rings (SSSR count). The lowest BCUT2D eigenvalue weighted by molar-refractivity contribution is 0.351. The molecule has 0 unspecified atom stereocenters. The first-order valence-corrected chi connectivity index (χ1v) is 5.29. The Morgan fingerprint density at radius 1 is 1.53 bits per heavy atom. The van der Waals surface area contributed by atoms with E-state index in [1.165, 1.54) is 0 Å². The highest BCUT2D eigenvalue weighted by Crippen LogP contribution is 2.25. The van der Waals surface area contributed by atoms with Crippen LogP contribution in [-0.4, -0.2) is 13.7 Å². The number of methoxy groups -OCH3 is 1. The Labute approximate surface area is 98.0 Å². The van der Waals surface area contributed by atoms with E-state index in [2.05, 4.69) is 22.5 Å². The summed E-state index contributed by atoms with van der Waals surface area (Å²) in [6, 6.07) is 5.57. The highest BCUT2D eigenvalue weighted by molar-refractivity contribution is 9.11. The Morgan fingerprint density at radius 2 is 2.27 bits per heavy atom. The first kappa shape index (κ1) is 12.1. The zero-order chi connectivity index (χ0) is 11.3. The van der Waals surface area contributed by atoms with E-state index in [0.717, 1.165) is 21.5 Å². The maximum atomic E-state index is 5.59. The molecule has 0 heterocycles. The van der Waals surface area contributed by atoms with Gasteiger partial charge in [0, 0.05) is 22.7 Å². The van der Waals surface area contributed by atoms with E-state index in [0.29, 0.717) is 13.2 Å². The van der Waals surface area contributed by atoms with Crippen molar-refractivity contribution in [2.24, 2.45) is 5.73 Å². The van der Waals surface area contributed by atoms with Crippen molar-refractivity contribution in [1.82, 2.24) is 0 Å². The molecule has 0 saturated heterocycles. The van der Waals surface area contributed by atoms with Crippen LogP contribution in [0.2, 0.25) is 0 Å². The lowest BCUT2D eigenvalue weighted by atomic mass is 10.2. The molecule has 0 radical (unpaired) electrons. The summed E-state index contributed by atoms with van der Waals surface area (Å²) in [5.41, 5.74) is 6.54. The molecule has 0 aliphatic heterocycles. The molecule has 0 aliphatic carbocycles. The van der Waals surface area contributed by atoms with Gasteiger partial charge in [0.05, 0.1) is 7.11 Å². The minimum Gasteiger partial charge on any atom is -0.497 e. The van der Waals surface area contributed by atoms with Crippen LogP contribution in [0.5, 0.6) is 11.5 Å². The molecule has 3 nitrogen and oxygen atoms in total. The third-order valence-electron chi connectivity index (χ3n) is 1.88. The fourth-order valence-corrected chi connectivity index (χ4v) is 1.24. The largest absolute Gasteiger partial charge is 0.497 e. The molecule has 15 heavy (non-hydrogen) atoms. The Morgan fingerprint density at radius 3 is 2.80 bits per heavy atom. The molecule has 2 N–H and O–H groups in total. The Balaban J connectivity index is 2.85. The van der Waals surface area contributed by atoms with Gasteiger partial charge in [0.25, 0.3) is 0 Å². The minimum absolute atomic E-state index is 0.417. The van der Waals surface area contributed by atoms with Crippen LogP contribution in [0.25, 0.3) is 0 Å². The van der Waals surface area contributed by atoms with Crippen molar-refractivity contribution in [2.45, 2.75) is 6.54 Å². The molecule has 0 spiro atoms. The molecule has 0 aliphatic rings. The summed E-state index contributed by atoms with van der Waals surface area (Å²) in [5.74, 6) is 1.49. The van der Waals surface area contributed by atoms with Crippen molar-refractivity contribution in [3.05, 3.63) is 34.8 Å². The van der Waals surface area contributed by atoms with E-state index in [1.54, 1.807) is 7.11 Å². The second-order valence-electron chi connectivity index (χ2n) is 2.98. The SMILES string of the molecule is C=C(Br)COc1cc(OC)ccc1CN. The molecule has 0 bridgehead atoms. The molecular weight excluding hydrogens is 258 g/mol. The van der Waals surface area contributed by atoms with Gasteiger partial charge in [0.2, 0.25) is 0 Å². The number of benzene rings is 1. The number of nitrogens with two attached hydrogens (primary N) is 1. The highest BCUT2D eigenvalue weighted by atomic mass is 79.9. The maximum Gasteiger partial charge on any atom is 0.128 e. The Kier molecular flexibility index (Phi) is 4.65. The van der Waals surface area contributed by atoms with E-state index < -0.39 is 0 Å². The van der Waals surface area contributed by atoms with Gasteiger partial charge in [-0.25, -0.2) is 0 Å².